The van der Waals surface area contributed by atoms with Crippen LogP contribution in [0.2, 0.25) is 0 Å². The Morgan fingerprint density at radius 2 is 0.905 bits per heavy atom. The van der Waals surface area contributed by atoms with E-state index in [-0.39, 0.29) is 0 Å². The van der Waals surface area contributed by atoms with E-state index in [4.69, 9.17) is 0 Å². The zero-order chi connectivity index (χ0) is 16.4. The molecule has 0 amide bonds. The van der Waals surface area contributed by atoms with Gasteiger partial charge in [-0.2, -0.15) is 0 Å². The van der Waals surface area contributed by atoms with E-state index in [1.54, 1.807) is 0 Å². The number of aryl methyl sites for hydroxylation is 2. The highest BCUT2D eigenvalue weighted by atomic mass is 14.2. The fraction of sp³-hybridized carbons (Fsp3) is 0.429. The first-order valence-electron chi connectivity index (χ1n) is 8.43. The predicted octanol–water partition coefficient (Wildman–Crippen LogP) is 6.95. The molecule has 0 aromatic heterocycles. The molecule has 0 nitrogen and oxygen atoms in total. The maximum Gasteiger partial charge on any atom is -0.00133 e. The molecular formula is C21H32. The Bertz CT molecular complexity index is 486. The van der Waals surface area contributed by atoms with Gasteiger partial charge in [0.05, 0.1) is 0 Å². The smallest absolute Gasteiger partial charge is 0.00133 e. The third kappa shape index (κ3) is 4.74. The molecule has 2 aromatic carbocycles. The lowest BCUT2D eigenvalue weighted by molar-refractivity contribution is 1.24. The summed E-state index contributed by atoms with van der Waals surface area (Å²) in [6, 6.07) is 13.5. The summed E-state index contributed by atoms with van der Waals surface area (Å²) in [6.45, 7) is 16.3. The average molecular weight is 284 g/mol. The van der Waals surface area contributed by atoms with Crippen molar-refractivity contribution in [2.75, 3.05) is 0 Å². The van der Waals surface area contributed by atoms with Crippen LogP contribution >= 0.6 is 0 Å². The number of benzene rings is 2. The zero-order valence-electron chi connectivity index (χ0n) is 15.2. The van der Waals surface area contributed by atoms with Gasteiger partial charge in [0.25, 0.3) is 0 Å². The monoisotopic (exact) mass is 284 g/mol. The maximum atomic E-state index is 2.31. The van der Waals surface area contributed by atoms with E-state index in [1.807, 2.05) is 41.5 Å². The van der Waals surface area contributed by atoms with Crippen LogP contribution in [0.3, 0.4) is 0 Å². The van der Waals surface area contributed by atoms with Crippen LogP contribution in [0.4, 0.5) is 0 Å². The third-order valence-corrected chi connectivity index (χ3v) is 3.19. The number of hydrogen-bond donors (Lipinski definition) is 0. The first kappa shape index (κ1) is 19.4. The first-order chi connectivity index (χ1) is 10.2. The van der Waals surface area contributed by atoms with Crippen LogP contribution in [-0.4, -0.2) is 0 Å². The summed E-state index contributed by atoms with van der Waals surface area (Å²) in [6.07, 6.45) is 1.11. The van der Waals surface area contributed by atoms with Gasteiger partial charge in [0.2, 0.25) is 0 Å². The second kappa shape index (κ2) is 10.2. The van der Waals surface area contributed by atoms with Crippen molar-refractivity contribution in [3.8, 4) is 11.1 Å². The van der Waals surface area contributed by atoms with Gasteiger partial charge in [-0.25, -0.2) is 0 Å². The van der Waals surface area contributed by atoms with Gasteiger partial charge >= 0.3 is 0 Å². The maximum absolute atomic E-state index is 2.31. The lowest BCUT2D eigenvalue weighted by Crippen LogP contribution is -1.81. The molecular weight excluding hydrogens is 252 g/mol. The van der Waals surface area contributed by atoms with Crippen LogP contribution in [0, 0.1) is 13.8 Å². The van der Waals surface area contributed by atoms with Crippen molar-refractivity contribution in [3.05, 3.63) is 58.7 Å². The van der Waals surface area contributed by atoms with E-state index >= 15 is 0 Å². The highest BCUT2D eigenvalue weighted by Gasteiger charge is 2.17. The van der Waals surface area contributed by atoms with E-state index in [9.17, 15) is 0 Å². The van der Waals surface area contributed by atoms with E-state index in [2.05, 4.69) is 50.2 Å². The van der Waals surface area contributed by atoms with Crippen LogP contribution in [0.5, 0.6) is 0 Å². The Morgan fingerprint density at radius 3 is 1.24 bits per heavy atom. The average Bonchev–Trinajstić information content (AvgIpc) is 2.89. The number of rotatable bonds is 0. The molecule has 0 N–H and O–H groups in total. The van der Waals surface area contributed by atoms with Gasteiger partial charge in [-0.3, -0.25) is 0 Å². The Labute approximate surface area is 132 Å². The van der Waals surface area contributed by atoms with Crippen molar-refractivity contribution in [3.63, 3.8) is 0 Å². The van der Waals surface area contributed by atoms with Gasteiger partial charge in [-0.05, 0) is 42.5 Å². The molecule has 0 unspecified atom stereocenters. The topological polar surface area (TPSA) is 0 Å². The summed E-state index contributed by atoms with van der Waals surface area (Å²) in [5.41, 5.74) is 8.54. The second-order valence-electron chi connectivity index (χ2n) is 4.50. The van der Waals surface area contributed by atoms with Gasteiger partial charge < -0.3 is 0 Å². The highest BCUT2D eigenvalue weighted by molar-refractivity contribution is 5.77. The van der Waals surface area contributed by atoms with Crippen molar-refractivity contribution >= 4 is 0 Å². The van der Waals surface area contributed by atoms with Crippen LogP contribution in [0.15, 0.2) is 36.4 Å². The van der Waals surface area contributed by atoms with Crippen molar-refractivity contribution in [2.24, 2.45) is 0 Å². The minimum Gasteiger partial charge on any atom is -0.0683 e. The number of fused-ring (bicyclic) bond motifs is 3. The molecule has 0 atom stereocenters. The van der Waals surface area contributed by atoms with E-state index in [1.165, 1.54) is 33.4 Å². The lowest BCUT2D eigenvalue weighted by Gasteiger charge is -2.01. The number of hydrogen-bond acceptors (Lipinski definition) is 0. The molecule has 0 bridgehead atoms. The summed E-state index contributed by atoms with van der Waals surface area (Å²) >= 11 is 0. The lowest BCUT2D eigenvalue weighted by atomic mass is 10.0. The Balaban J connectivity index is 0.000000598. The molecule has 2 aromatic rings. The molecule has 0 fully saturated rings. The minimum atomic E-state index is 1.11. The van der Waals surface area contributed by atoms with Crippen molar-refractivity contribution in [2.45, 2.75) is 61.8 Å². The van der Waals surface area contributed by atoms with Crippen LogP contribution in [0.25, 0.3) is 11.1 Å². The molecule has 21 heavy (non-hydrogen) atoms. The van der Waals surface area contributed by atoms with Crippen LogP contribution in [-0.2, 0) is 6.42 Å². The fourth-order valence-electron chi connectivity index (χ4n) is 2.47. The zero-order valence-corrected chi connectivity index (χ0v) is 15.2. The van der Waals surface area contributed by atoms with E-state index in [0.717, 1.165) is 6.42 Å². The third-order valence-electron chi connectivity index (χ3n) is 3.19. The first-order valence-corrected chi connectivity index (χ1v) is 8.43. The van der Waals surface area contributed by atoms with Gasteiger partial charge in [-0.15, -0.1) is 0 Å². The molecule has 0 spiro atoms. The summed E-state index contributed by atoms with van der Waals surface area (Å²) in [5.74, 6) is 0. The molecule has 0 saturated heterocycles. The molecule has 1 aliphatic rings. The highest BCUT2D eigenvalue weighted by Crippen LogP contribution is 2.37. The van der Waals surface area contributed by atoms with Crippen molar-refractivity contribution < 1.29 is 0 Å². The Morgan fingerprint density at radius 1 is 0.571 bits per heavy atom. The SMILES string of the molecule is CC.CC.CC.Cc1ccc2c(c1)Cc1cc(C)ccc1-2. The van der Waals surface area contributed by atoms with Gasteiger partial charge in [0, 0.05) is 0 Å². The normalized spacial score (nSPS) is 9.71. The molecule has 0 heteroatoms. The molecule has 0 radical (unpaired) electrons. The summed E-state index contributed by atoms with van der Waals surface area (Å²) in [5, 5.41) is 0. The van der Waals surface area contributed by atoms with Gasteiger partial charge in [0.15, 0.2) is 0 Å². The standard InChI is InChI=1S/C15H14.3C2H6/c1-10-3-5-14-12(7-10)9-13-8-11(2)4-6-15(13)14;3*1-2/h3-8H,9H2,1-2H3;3*1-2H3. The summed E-state index contributed by atoms with van der Waals surface area (Å²) in [7, 11) is 0. The summed E-state index contributed by atoms with van der Waals surface area (Å²) in [4.78, 5) is 0. The molecule has 3 rings (SSSR count). The van der Waals surface area contributed by atoms with Crippen LogP contribution < -0.4 is 0 Å². The molecule has 0 heterocycles. The van der Waals surface area contributed by atoms with E-state index in [0.29, 0.717) is 0 Å². The summed E-state index contributed by atoms with van der Waals surface area (Å²) < 4.78 is 0. The quantitative estimate of drug-likeness (QED) is 0.419. The minimum absolute atomic E-state index is 1.11. The molecule has 1 aliphatic carbocycles. The van der Waals surface area contributed by atoms with Crippen molar-refractivity contribution in [1.82, 2.24) is 0 Å². The largest absolute Gasteiger partial charge is 0.0683 e. The van der Waals surface area contributed by atoms with E-state index < -0.39 is 0 Å². The molecule has 0 aliphatic heterocycles. The van der Waals surface area contributed by atoms with Gasteiger partial charge in [-0.1, -0.05) is 89.1 Å². The fourth-order valence-corrected chi connectivity index (χ4v) is 2.47. The van der Waals surface area contributed by atoms with Gasteiger partial charge in [0.1, 0.15) is 0 Å². The van der Waals surface area contributed by atoms with Crippen molar-refractivity contribution in [1.29, 1.82) is 0 Å². The van der Waals surface area contributed by atoms with Crippen LogP contribution in [0.1, 0.15) is 63.8 Å². The molecule has 116 valence electrons. The predicted molar refractivity (Wildman–Crippen MR) is 98.2 cm³/mol. The molecule has 0 saturated carbocycles. The Kier molecular flexibility index (Phi) is 9.45. The second-order valence-corrected chi connectivity index (χ2v) is 4.50. The Hall–Kier alpha value is -1.56.